The van der Waals surface area contributed by atoms with Crippen molar-refractivity contribution in [2.24, 2.45) is 0 Å². The van der Waals surface area contributed by atoms with E-state index >= 15 is 0 Å². The van der Waals surface area contributed by atoms with Gasteiger partial charge in [-0.3, -0.25) is 4.79 Å². The fraction of sp³-hybridized carbons (Fsp3) is 0.176. The topological polar surface area (TPSA) is 52.3 Å². The van der Waals surface area contributed by atoms with Crippen LogP contribution in [-0.2, 0) is 22.6 Å². The number of thiophene rings is 1. The van der Waals surface area contributed by atoms with E-state index < -0.39 is 0 Å². The molecule has 0 N–H and O–H groups in total. The summed E-state index contributed by atoms with van der Waals surface area (Å²) in [7, 11) is 0. The molecule has 0 aliphatic rings. The van der Waals surface area contributed by atoms with Gasteiger partial charge in [0.15, 0.2) is 0 Å². The first-order valence-corrected chi connectivity index (χ1v) is 7.80. The number of aromatic nitrogens is 1. The van der Waals surface area contributed by atoms with E-state index in [4.69, 9.17) is 9.15 Å². The lowest BCUT2D eigenvalue weighted by Gasteiger charge is -2.01. The molecule has 0 bridgehead atoms. The molecule has 1 aromatic carbocycles. The zero-order valence-corrected chi connectivity index (χ0v) is 12.9. The van der Waals surface area contributed by atoms with Crippen LogP contribution in [0.5, 0.6) is 0 Å². The van der Waals surface area contributed by atoms with Crippen LogP contribution < -0.4 is 0 Å². The van der Waals surface area contributed by atoms with Gasteiger partial charge >= 0.3 is 5.97 Å². The molecule has 3 rings (SSSR count). The Balaban J connectivity index is 1.63. The van der Waals surface area contributed by atoms with E-state index in [9.17, 15) is 4.79 Å². The fourth-order valence-corrected chi connectivity index (χ4v) is 2.71. The summed E-state index contributed by atoms with van der Waals surface area (Å²) in [4.78, 5) is 17.2. The van der Waals surface area contributed by atoms with E-state index in [-0.39, 0.29) is 12.6 Å². The van der Waals surface area contributed by atoms with Crippen LogP contribution in [0.1, 0.15) is 16.3 Å². The van der Waals surface area contributed by atoms with Crippen LogP contribution in [0.25, 0.3) is 11.5 Å². The standard InChI is InChI=1S/C17H15NO3S/c1-12-15(11-20-16(19)10-14-8-5-9-22-14)18-17(21-12)13-6-3-2-4-7-13/h2-9H,10-11H2,1H3. The van der Waals surface area contributed by atoms with Gasteiger partial charge in [0.1, 0.15) is 18.1 Å². The molecule has 112 valence electrons. The molecule has 0 atom stereocenters. The molecule has 0 saturated carbocycles. The lowest BCUT2D eigenvalue weighted by Crippen LogP contribution is -2.07. The van der Waals surface area contributed by atoms with Gasteiger partial charge in [0.2, 0.25) is 5.89 Å². The molecule has 22 heavy (non-hydrogen) atoms. The molecule has 0 unspecified atom stereocenters. The molecule has 0 radical (unpaired) electrons. The highest BCUT2D eigenvalue weighted by Crippen LogP contribution is 2.22. The van der Waals surface area contributed by atoms with Crippen molar-refractivity contribution in [2.75, 3.05) is 0 Å². The molecular formula is C17H15NO3S. The third-order valence-corrected chi connectivity index (χ3v) is 4.06. The van der Waals surface area contributed by atoms with Crippen LogP contribution in [0, 0.1) is 6.92 Å². The zero-order valence-electron chi connectivity index (χ0n) is 12.1. The van der Waals surface area contributed by atoms with Gasteiger partial charge in [-0.25, -0.2) is 4.98 Å². The van der Waals surface area contributed by atoms with Crippen molar-refractivity contribution in [3.63, 3.8) is 0 Å². The third-order valence-electron chi connectivity index (χ3n) is 3.18. The van der Waals surface area contributed by atoms with Crippen molar-refractivity contribution in [3.05, 3.63) is 64.2 Å². The van der Waals surface area contributed by atoms with Gasteiger partial charge in [-0.05, 0) is 30.5 Å². The number of aryl methyl sites for hydroxylation is 1. The Morgan fingerprint density at radius 1 is 1.23 bits per heavy atom. The molecule has 0 amide bonds. The summed E-state index contributed by atoms with van der Waals surface area (Å²) in [6.07, 6.45) is 0.292. The average Bonchev–Trinajstić information content (AvgIpc) is 3.16. The third kappa shape index (κ3) is 3.43. The average molecular weight is 313 g/mol. The molecule has 0 aliphatic carbocycles. The van der Waals surface area contributed by atoms with Crippen molar-refractivity contribution in [1.29, 1.82) is 0 Å². The minimum atomic E-state index is -0.258. The Kier molecular flexibility index (Phi) is 4.34. The summed E-state index contributed by atoms with van der Waals surface area (Å²) in [5.41, 5.74) is 1.56. The van der Waals surface area contributed by atoms with Crippen molar-refractivity contribution in [1.82, 2.24) is 4.98 Å². The van der Waals surface area contributed by atoms with Gasteiger partial charge in [-0.2, -0.15) is 0 Å². The molecule has 4 nitrogen and oxygen atoms in total. The molecule has 0 spiro atoms. The number of benzene rings is 1. The molecule has 0 aliphatic heterocycles. The summed E-state index contributed by atoms with van der Waals surface area (Å²) in [6.45, 7) is 1.95. The van der Waals surface area contributed by atoms with Crippen molar-refractivity contribution < 1.29 is 13.9 Å². The van der Waals surface area contributed by atoms with Gasteiger partial charge in [-0.15, -0.1) is 11.3 Å². The van der Waals surface area contributed by atoms with E-state index in [0.717, 1.165) is 10.4 Å². The number of nitrogens with zero attached hydrogens (tertiary/aromatic N) is 1. The minimum absolute atomic E-state index is 0.131. The second-order valence-electron chi connectivity index (χ2n) is 4.80. The van der Waals surface area contributed by atoms with E-state index in [0.29, 0.717) is 23.8 Å². The number of ether oxygens (including phenoxy) is 1. The largest absolute Gasteiger partial charge is 0.459 e. The van der Waals surface area contributed by atoms with Gasteiger partial charge < -0.3 is 9.15 Å². The Labute approximate surface area is 132 Å². The summed E-state index contributed by atoms with van der Waals surface area (Å²) in [5, 5.41) is 1.94. The predicted octanol–water partition coefficient (Wildman–Crippen LogP) is 4.00. The highest BCUT2D eigenvalue weighted by atomic mass is 32.1. The summed E-state index contributed by atoms with van der Waals surface area (Å²) >= 11 is 1.54. The van der Waals surface area contributed by atoms with Gasteiger partial charge in [0.25, 0.3) is 0 Å². The lowest BCUT2D eigenvalue weighted by atomic mass is 10.2. The van der Waals surface area contributed by atoms with Crippen LogP contribution in [0.2, 0.25) is 0 Å². The number of hydrogen-bond acceptors (Lipinski definition) is 5. The highest BCUT2D eigenvalue weighted by Gasteiger charge is 2.13. The minimum Gasteiger partial charge on any atom is -0.459 e. The number of carbonyl (C=O) groups is 1. The number of esters is 1. The monoisotopic (exact) mass is 313 g/mol. The van der Waals surface area contributed by atoms with Crippen molar-refractivity contribution >= 4 is 17.3 Å². The fourth-order valence-electron chi connectivity index (χ4n) is 2.02. The van der Waals surface area contributed by atoms with Crippen molar-refractivity contribution in [3.8, 4) is 11.5 Å². The summed E-state index contributed by atoms with van der Waals surface area (Å²) < 4.78 is 10.9. The van der Waals surface area contributed by atoms with Gasteiger partial charge in [-0.1, -0.05) is 24.3 Å². The molecule has 0 saturated heterocycles. The quantitative estimate of drug-likeness (QED) is 0.668. The van der Waals surface area contributed by atoms with Crippen LogP contribution in [0.15, 0.2) is 52.3 Å². The molecular weight excluding hydrogens is 298 g/mol. The number of hydrogen-bond donors (Lipinski definition) is 0. The van der Waals surface area contributed by atoms with Gasteiger partial charge in [0, 0.05) is 10.4 Å². The van der Waals surface area contributed by atoms with Gasteiger partial charge in [0.05, 0.1) is 6.42 Å². The lowest BCUT2D eigenvalue weighted by molar-refractivity contribution is -0.144. The maximum Gasteiger partial charge on any atom is 0.311 e. The number of oxazole rings is 1. The number of rotatable bonds is 5. The van der Waals surface area contributed by atoms with E-state index in [2.05, 4.69) is 4.98 Å². The second kappa shape index (κ2) is 6.58. The Bertz CT molecular complexity index is 748. The maximum absolute atomic E-state index is 11.8. The zero-order chi connectivity index (χ0) is 15.4. The van der Waals surface area contributed by atoms with Crippen LogP contribution in [-0.4, -0.2) is 11.0 Å². The van der Waals surface area contributed by atoms with E-state index in [1.807, 2.05) is 54.8 Å². The molecule has 5 heteroatoms. The van der Waals surface area contributed by atoms with Crippen LogP contribution in [0.4, 0.5) is 0 Å². The second-order valence-corrected chi connectivity index (χ2v) is 5.84. The number of carbonyl (C=O) groups excluding carboxylic acids is 1. The smallest absolute Gasteiger partial charge is 0.311 e. The van der Waals surface area contributed by atoms with E-state index in [1.165, 1.54) is 0 Å². The Hall–Kier alpha value is -2.40. The molecule has 2 heterocycles. The SMILES string of the molecule is Cc1oc(-c2ccccc2)nc1COC(=O)Cc1cccs1. The van der Waals surface area contributed by atoms with Crippen LogP contribution in [0.3, 0.4) is 0 Å². The molecule has 2 aromatic heterocycles. The Morgan fingerprint density at radius 3 is 2.77 bits per heavy atom. The van der Waals surface area contributed by atoms with E-state index in [1.54, 1.807) is 11.3 Å². The molecule has 0 fully saturated rings. The Morgan fingerprint density at radius 2 is 2.05 bits per heavy atom. The first-order valence-electron chi connectivity index (χ1n) is 6.92. The summed E-state index contributed by atoms with van der Waals surface area (Å²) in [5.74, 6) is 0.955. The molecule has 3 aromatic rings. The van der Waals surface area contributed by atoms with Crippen LogP contribution >= 0.6 is 11.3 Å². The summed E-state index contributed by atoms with van der Waals surface area (Å²) in [6, 6.07) is 13.5. The maximum atomic E-state index is 11.8. The first kappa shape index (κ1) is 14.5. The highest BCUT2D eigenvalue weighted by molar-refractivity contribution is 7.10. The van der Waals surface area contributed by atoms with Crippen molar-refractivity contribution in [2.45, 2.75) is 20.0 Å². The predicted molar refractivity (Wildman–Crippen MR) is 84.5 cm³/mol. The normalized spacial score (nSPS) is 10.6. The first-order chi connectivity index (χ1) is 10.7.